The molecule has 6 nitrogen and oxygen atoms in total. The lowest BCUT2D eigenvalue weighted by Crippen LogP contribution is -2.24. The highest BCUT2D eigenvalue weighted by molar-refractivity contribution is 7.92. The molecule has 0 unspecified atom stereocenters. The third-order valence-corrected chi connectivity index (χ3v) is 6.17. The summed E-state index contributed by atoms with van der Waals surface area (Å²) in [6, 6.07) is 11.7. The van der Waals surface area contributed by atoms with Gasteiger partial charge in [0, 0.05) is 12.6 Å². The van der Waals surface area contributed by atoms with Crippen LogP contribution in [-0.2, 0) is 27.6 Å². The van der Waals surface area contributed by atoms with Crippen LogP contribution in [0.15, 0.2) is 42.5 Å². The lowest BCUT2D eigenvalue weighted by Gasteiger charge is -2.17. The molecule has 0 aliphatic heterocycles. The first-order chi connectivity index (χ1) is 13.3. The van der Waals surface area contributed by atoms with Crippen LogP contribution >= 0.6 is 0 Å². The molecule has 0 amide bonds. The Bertz CT molecular complexity index is 996. The topological polar surface area (TPSA) is 80.8 Å². The molecule has 0 heterocycles. The first-order valence-corrected chi connectivity index (χ1v) is 11.0. The number of hydrogen-bond donors (Lipinski definition) is 0. The molecule has 0 atom stereocenters. The maximum absolute atomic E-state index is 12.3. The molecule has 28 heavy (non-hydrogen) atoms. The van der Waals surface area contributed by atoms with Gasteiger partial charge in [0.1, 0.15) is 0 Å². The predicted molar refractivity (Wildman–Crippen MR) is 107 cm³/mol. The van der Waals surface area contributed by atoms with Gasteiger partial charge in [0.2, 0.25) is 10.0 Å². The van der Waals surface area contributed by atoms with Crippen molar-refractivity contribution in [1.82, 2.24) is 0 Å². The number of Topliss-reactive ketones (excluding diaryl/α,β-unsaturated/α-hetero) is 1. The summed E-state index contributed by atoms with van der Waals surface area (Å²) in [4.78, 5) is 24.6. The van der Waals surface area contributed by atoms with Crippen LogP contribution < -0.4 is 4.31 Å². The second-order valence-corrected chi connectivity index (χ2v) is 8.98. The van der Waals surface area contributed by atoms with Crippen LogP contribution in [0.2, 0.25) is 0 Å². The predicted octanol–water partition coefficient (Wildman–Crippen LogP) is 3.00. The molecule has 0 aromatic heterocycles. The van der Waals surface area contributed by atoms with Crippen molar-refractivity contribution in [2.24, 2.45) is 0 Å². The van der Waals surface area contributed by atoms with Crippen LogP contribution in [0.1, 0.15) is 44.7 Å². The lowest BCUT2D eigenvalue weighted by molar-refractivity contribution is 0.0474. The zero-order valence-corrected chi connectivity index (χ0v) is 16.8. The number of benzene rings is 2. The monoisotopic (exact) mass is 401 g/mol. The van der Waals surface area contributed by atoms with E-state index < -0.39 is 16.0 Å². The molecule has 148 valence electrons. The Hall–Kier alpha value is -2.67. The molecule has 0 saturated heterocycles. The highest BCUT2D eigenvalue weighted by Gasteiger charge is 2.16. The van der Waals surface area contributed by atoms with Gasteiger partial charge in [0.05, 0.1) is 17.5 Å². The summed E-state index contributed by atoms with van der Waals surface area (Å²) in [7, 11) is -1.93. The van der Waals surface area contributed by atoms with Crippen molar-refractivity contribution in [1.29, 1.82) is 0 Å². The molecule has 1 aliphatic carbocycles. The van der Waals surface area contributed by atoms with Gasteiger partial charge in [-0.25, -0.2) is 13.2 Å². The Kier molecular flexibility index (Phi) is 5.84. The Morgan fingerprint density at radius 3 is 2.21 bits per heavy atom. The van der Waals surface area contributed by atoms with Crippen molar-refractivity contribution in [3.05, 3.63) is 64.7 Å². The number of sulfonamides is 1. The molecule has 0 radical (unpaired) electrons. The molecule has 3 rings (SSSR count). The minimum absolute atomic E-state index is 0.347. The summed E-state index contributed by atoms with van der Waals surface area (Å²) < 4.78 is 29.4. The number of aryl methyl sites for hydroxylation is 2. The molecule has 2 aromatic carbocycles. The molecule has 0 fully saturated rings. The number of carbonyl (C=O) groups excluding carboxylic acids is 2. The molecule has 7 heteroatoms. The van der Waals surface area contributed by atoms with Crippen LogP contribution in [0.4, 0.5) is 5.69 Å². The maximum Gasteiger partial charge on any atom is 0.338 e. The first kappa shape index (κ1) is 20.1. The van der Waals surface area contributed by atoms with Gasteiger partial charge < -0.3 is 4.74 Å². The summed E-state index contributed by atoms with van der Waals surface area (Å²) in [5.74, 6) is -0.866. The summed E-state index contributed by atoms with van der Waals surface area (Å²) in [6.07, 6.45) is 5.39. The van der Waals surface area contributed by atoms with E-state index in [0.29, 0.717) is 16.8 Å². The minimum Gasteiger partial charge on any atom is -0.454 e. The maximum atomic E-state index is 12.3. The molecule has 2 aromatic rings. The summed E-state index contributed by atoms with van der Waals surface area (Å²) in [5, 5.41) is 0. The number of ketones is 1. The molecule has 0 N–H and O–H groups in total. The number of anilines is 1. The van der Waals surface area contributed by atoms with Crippen molar-refractivity contribution < 1.29 is 22.7 Å². The standard InChI is InChI=1S/C21H23NO5S/c1-22(28(2,25)26)19-11-9-16(10-12-19)20(23)14-27-21(24)18-8-7-15-5-3-4-6-17(15)13-18/h7-13H,3-6,14H2,1-2H3. The summed E-state index contributed by atoms with van der Waals surface area (Å²) >= 11 is 0. The zero-order valence-electron chi connectivity index (χ0n) is 16.0. The van der Waals surface area contributed by atoms with E-state index in [4.69, 9.17) is 4.74 Å². The van der Waals surface area contributed by atoms with E-state index in [9.17, 15) is 18.0 Å². The average molecular weight is 401 g/mol. The fourth-order valence-corrected chi connectivity index (χ4v) is 3.71. The fourth-order valence-electron chi connectivity index (χ4n) is 3.21. The third kappa shape index (κ3) is 4.59. The van der Waals surface area contributed by atoms with Crippen molar-refractivity contribution in [3.8, 4) is 0 Å². The highest BCUT2D eigenvalue weighted by atomic mass is 32.2. The Morgan fingerprint density at radius 1 is 0.964 bits per heavy atom. The van der Waals surface area contributed by atoms with Crippen LogP contribution in [0, 0.1) is 0 Å². The zero-order chi connectivity index (χ0) is 20.3. The fraction of sp³-hybridized carbons (Fsp3) is 0.333. The third-order valence-electron chi connectivity index (χ3n) is 4.97. The van der Waals surface area contributed by atoms with Crippen LogP contribution in [0.5, 0.6) is 0 Å². The molecular weight excluding hydrogens is 378 g/mol. The van der Waals surface area contributed by atoms with Crippen molar-refractivity contribution in [2.45, 2.75) is 25.7 Å². The Morgan fingerprint density at radius 2 is 1.57 bits per heavy atom. The Balaban J connectivity index is 1.61. The molecule has 0 spiro atoms. The number of nitrogens with zero attached hydrogens (tertiary/aromatic N) is 1. The smallest absolute Gasteiger partial charge is 0.338 e. The van der Waals surface area contributed by atoms with Gasteiger partial charge in [-0.05, 0) is 73.2 Å². The molecule has 0 saturated carbocycles. The van der Waals surface area contributed by atoms with Gasteiger partial charge in [-0.3, -0.25) is 9.10 Å². The van der Waals surface area contributed by atoms with Crippen LogP contribution in [0.3, 0.4) is 0 Å². The van der Waals surface area contributed by atoms with Gasteiger partial charge in [-0.2, -0.15) is 0 Å². The summed E-state index contributed by atoms with van der Waals surface area (Å²) in [5.41, 5.74) is 3.71. The van der Waals surface area contributed by atoms with E-state index in [0.717, 1.165) is 29.8 Å². The van der Waals surface area contributed by atoms with Crippen molar-refractivity contribution >= 4 is 27.5 Å². The second kappa shape index (κ2) is 8.14. The summed E-state index contributed by atoms with van der Waals surface area (Å²) in [6.45, 7) is -0.364. The van der Waals surface area contributed by atoms with E-state index in [1.807, 2.05) is 12.1 Å². The number of hydrogen-bond acceptors (Lipinski definition) is 5. The Labute approximate surface area is 165 Å². The second-order valence-electron chi connectivity index (χ2n) is 6.97. The van der Waals surface area contributed by atoms with Crippen molar-refractivity contribution in [2.75, 3.05) is 24.2 Å². The van der Waals surface area contributed by atoms with E-state index in [-0.39, 0.29) is 12.4 Å². The molecular formula is C21H23NO5S. The molecule has 0 bridgehead atoms. The number of esters is 1. The van der Waals surface area contributed by atoms with Gasteiger partial charge in [-0.15, -0.1) is 0 Å². The number of rotatable bonds is 6. The van der Waals surface area contributed by atoms with E-state index in [1.54, 1.807) is 18.2 Å². The van der Waals surface area contributed by atoms with E-state index in [2.05, 4.69) is 0 Å². The lowest BCUT2D eigenvalue weighted by atomic mass is 9.90. The van der Waals surface area contributed by atoms with Gasteiger partial charge in [-0.1, -0.05) is 6.07 Å². The van der Waals surface area contributed by atoms with Crippen LogP contribution in [0.25, 0.3) is 0 Å². The van der Waals surface area contributed by atoms with Gasteiger partial charge in [0.15, 0.2) is 12.4 Å². The number of ether oxygens (including phenoxy) is 1. The first-order valence-electron chi connectivity index (χ1n) is 9.12. The molecule has 1 aliphatic rings. The van der Waals surface area contributed by atoms with E-state index >= 15 is 0 Å². The number of fused-ring (bicyclic) bond motifs is 1. The quantitative estimate of drug-likeness (QED) is 0.549. The van der Waals surface area contributed by atoms with E-state index in [1.165, 1.54) is 36.7 Å². The average Bonchev–Trinajstić information content (AvgIpc) is 2.70. The van der Waals surface area contributed by atoms with Crippen LogP contribution in [-0.4, -0.2) is 40.1 Å². The minimum atomic E-state index is -3.37. The SMILES string of the molecule is CN(c1ccc(C(=O)COC(=O)c2ccc3c(c2)CCCC3)cc1)S(C)(=O)=O. The van der Waals surface area contributed by atoms with Crippen molar-refractivity contribution in [3.63, 3.8) is 0 Å². The van der Waals surface area contributed by atoms with Gasteiger partial charge >= 0.3 is 5.97 Å². The largest absolute Gasteiger partial charge is 0.454 e. The normalized spacial score (nSPS) is 13.5. The highest BCUT2D eigenvalue weighted by Crippen LogP contribution is 2.22. The number of carbonyl (C=O) groups is 2. The van der Waals surface area contributed by atoms with Gasteiger partial charge in [0.25, 0.3) is 0 Å².